The fraction of sp³-hybridized carbons (Fsp3) is 0.938. The fourth-order valence-electron chi connectivity index (χ4n) is 2.73. The van der Waals surface area contributed by atoms with Crippen molar-refractivity contribution in [1.82, 2.24) is 15.1 Å². The highest BCUT2D eigenvalue weighted by Crippen LogP contribution is 2.13. The minimum absolute atomic E-state index is 0.336. The van der Waals surface area contributed by atoms with Crippen molar-refractivity contribution >= 4 is 0 Å². The summed E-state index contributed by atoms with van der Waals surface area (Å²) < 4.78 is 0. The van der Waals surface area contributed by atoms with Crippen molar-refractivity contribution in [3.8, 4) is 6.07 Å². The van der Waals surface area contributed by atoms with Crippen molar-refractivity contribution in [2.45, 2.75) is 52.0 Å². The van der Waals surface area contributed by atoms with Gasteiger partial charge in [-0.3, -0.25) is 5.32 Å². The van der Waals surface area contributed by atoms with Crippen LogP contribution in [-0.2, 0) is 0 Å². The molecule has 0 radical (unpaired) electrons. The van der Waals surface area contributed by atoms with Gasteiger partial charge in [0.05, 0.1) is 6.07 Å². The summed E-state index contributed by atoms with van der Waals surface area (Å²) in [5.41, 5.74) is -0.336. The summed E-state index contributed by atoms with van der Waals surface area (Å²) >= 11 is 0. The summed E-state index contributed by atoms with van der Waals surface area (Å²) in [6.45, 7) is 14.5. The second kappa shape index (κ2) is 9.33. The molecule has 0 amide bonds. The van der Waals surface area contributed by atoms with E-state index in [-0.39, 0.29) is 5.54 Å². The Morgan fingerprint density at radius 1 is 1.10 bits per heavy atom. The van der Waals surface area contributed by atoms with E-state index in [0.717, 1.165) is 25.8 Å². The third-order valence-electron chi connectivity index (χ3n) is 4.33. The van der Waals surface area contributed by atoms with Crippen molar-refractivity contribution in [1.29, 1.82) is 5.26 Å². The topological polar surface area (TPSA) is 42.3 Å². The highest BCUT2D eigenvalue weighted by molar-refractivity contribution is 5.03. The molecule has 0 aromatic heterocycles. The van der Waals surface area contributed by atoms with Gasteiger partial charge in [0, 0.05) is 26.2 Å². The van der Waals surface area contributed by atoms with E-state index < -0.39 is 0 Å². The van der Waals surface area contributed by atoms with Crippen molar-refractivity contribution in [3.05, 3.63) is 0 Å². The Bertz CT molecular complexity index is 291. The Hall–Kier alpha value is -0.630. The first-order valence-electron chi connectivity index (χ1n) is 8.24. The van der Waals surface area contributed by atoms with Gasteiger partial charge in [-0.2, -0.15) is 5.26 Å². The van der Waals surface area contributed by atoms with Crippen LogP contribution >= 0.6 is 0 Å². The number of nitrogens with one attached hydrogen (secondary N) is 1. The molecule has 4 heteroatoms. The molecule has 1 unspecified atom stereocenters. The summed E-state index contributed by atoms with van der Waals surface area (Å²) in [6.07, 6.45) is 4.38. The van der Waals surface area contributed by atoms with E-state index in [1.807, 2.05) is 6.92 Å². The first kappa shape index (κ1) is 17.4. The van der Waals surface area contributed by atoms with Crippen LogP contribution < -0.4 is 5.32 Å². The summed E-state index contributed by atoms with van der Waals surface area (Å²) in [5, 5.41) is 12.7. The maximum Gasteiger partial charge on any atom is 0.103 e. The monoisotopic (exact) mass is 280 g/mol. The molecular formula is C16H32N4. The Morgan fingerprint density at radius 2 is 1.75 bits per heavy atom. The lowest BCUT2D eigenvalue weighted by Crippen LogP contribution is -2.46. The molecule has 0 aliphatic carbocycles. The normalized spacial score (nSPS) is 20.5. The molecule has 1 atom stereocenters. The smallest absolute Gasteiger partial charge is 0.103 e. The van der Waals surface area contributed by atoms with Gasteiger partial charge in [-0.1, -0.05) is 13.8 Å². The van der Waals surface area contributed by atoms with Gasteiger partial charge < -0.3 is 9.80 Å². The van der Waals surface area contributed by atoms with E-state index in [9.17, 15) is 5.26 Å². The molecule has 0 aromatic carbocycles. The number of rotatable bonds is 9. The number of hydrogen-bond donors (Lipinski definition) is 1. The molecule has 1 aliphatic rings. The number of likely N-dealkylation sites (N-methyl/N-ethyl adjacent to an activating group) is 1. The maximum absolute atomic E-state index is 9.29. The second-order valence-electron chi connectivity index (χ2n) is 6.10. The summed E-state index contributed by atoms with van der Waals surface area (Å²) in [5.74, 6) is 0. The number of nitrogens with zero attached hydrogens (tertiary/aromatic N) is 3. The minimum Gasteiger partial charge on any atom is -0.301 e. The van der Waals surface area contributed by atoms with Gasteiger partial charge in [0.15, 0.2) is 0 Å². The Kier molecular flexibility index (Phi) is 8.13. The molecule has 0 bridgehead atoms. The molecule has 1 saturated heterocycles. The molecule has 1 fully saturated rings. The quantitative estimate of drug-likeness (QED) is 0.657. The van der Waals surface area contributed by atoms with Crippen LogP contribution in [0, 0.1) is 11.3 Å². The molecule has 4 nitrogen and oxygen atoms in total. The van der Waals surface area contributed by atoms with Crippen molar-refractivity contribution in [3.63, 3.8) is 0 Å². The molecular weight excluding hydrogens is 248 g/mol. The highest BCUT2D eigenvalue weighted by Gasteiger charge is 2.22. The first-order chi connectivity index (χ1) is 9.63. The average Bonchev–Trinajstić information content (AvgIpc) is 2.50. The summed E-state index contributed by atoms with van der Waals surface area (Å²) in [6, 6.07) is 2.43. The predicted molar refractivity (Wildman–Crippen MR) is 84.7 cm³/mol. The number of piperazine rings is 1. The summed E-state index contributed by atoms with van der Waals surface area (Å²) in [7, 11) is 0. The molecule has 1 N–H and O–H groups in total. The lowest BCUT2D eigenvalue weighted by molar-refractivity contribution is 0.135. The van der Waals surface area contributed by atoms with Crippen molar-refractivity contribution in [2.24, 2.45) is 0 Å². The van der Waals surface area contributed by atoms with Crippen LogP contribution in [0.5, 0.6) is 0 Å². The standard InChI is InChI=1S/C16H32N4/c1-4-9-18-16(3,15-17)8-6-7-10-20-13-11-19(5-2)12-14-20/h18H,4-14H2,1-3H3. The Morgan fingerprint density at radius 3 is 2.30 bits per heavy atom. The van der Waals surface area contributed by atoms with Gasteiger partial charge in [0.25, 0.3) is 0 Å². The van der Waals surface area contributed by atoms with Crippen LogP contribution in [0.2, 0.25) is 0 Å². The Balaban J connectivity index is 2.13. The molecule has 1 rings (SSSR count). The van der Waals surface area contributed by atoms with Crippen LogP contribution in [0.4, 0.5) is 0 Å². The third kappa shape index (κ3) is 6.21. The largest absolute Gasteiger partial charge is 0.301 e. The van der Waals surface area contributed by atoms with E-state index in [4.69, 9.17) is 0 Å². The molecule has 0 spiro atoms. The van der Waals surface area contributed by atoms with E-state index in [1.165, 1.54) is 45.7 Å². The maximum atomic E-state index is 9.29. The zero-order valence-electron chi connectivity index (χ0n) is 13.6. The average molecular weight is 280 g/mol. The van der Waals surface area contributed by atoms with Crippen LogP contribution in [0.3, 0.4) is 0 Å². The SMILES string of the molecule is CCCNC(C)(C#N)CCCCN1CCN(CC)CC1. The van der Waals surface area contributed by atoms with Gasteiger partial charge in [-0.15, -0.1) is 0 Å². The van der Waals surface area contributed by atoms with E-state index in [0.29, 0.717) is 0 Å². The molecule has 1 aliphatic heterocycles. The zero-order chi connectivity index (χ0) is 14.8. The van der Waals surface area contributed by atoms with Gasteiger partial charge in [-0.05, 0) is 52.2 Å². The fourth-order valence-corrected chi connectivity index (χ4v) is 2.73. The summed E-state index contributed by atoms with van der Waals surface area (Å²) in [4.78, 5) is 5.08. The highest BCUT2D eigenvalue weighted by atomic mass is 15.3. The second-order valence-corrected chi connectivity index (χ2v) is 6.10. The van der Waals surface area contributed by atoms with Crippen LogP contribution in [0.25, 0.3) is 0 Å². The number of unbranched alkanes of at least 4 members (excludes halogenated alkanes) is 1. The zero-order valence-corrected chi connectivity index (χ0v) is 13.6. The van der Waals surface area contributed by atoms with Gasteiger partial charge >= 0.3 is 0 Å². The van der Waals surface area contributed by atoms with E-state index >= 15 is 0 Å². The van der Waals surface area contributed by atoms with Gasteiger partial charge in [0.2, 0.25) is 0 Å². The Labute approximate surface area is 125 Å². The van der Waals surface area contributed by atoms with Gasteiger partial charge in [0.1, 0.15) is 5.54 Å². The number of hydrogen-bond acceptors (Lipinski definition) is 4. The lowest BCUT2D eigenvalue weighted by atomic mass is 9.96. The lowest BCUT2D eigenvalue weighted by Gasteiger charge is -2.34. The molecule has 1 heterocycles. The van der Waals surface area contributed by atoms with Crippen molar-refractivity contribution < 1.29 is 0 Å². The molecule has 0 saturated carbocycles. The first-order valence-corrected chi connectivity index (χ1v) is 8.24. The molecule has 20 heavy (non-hydrogen) atoms. The van der Waals surface area contributed by atoms with Gasteiger partial charge in [-0.25, -0.2) is 0 Å². The molecule has 0 aromatic rings. The molecule has 116 valence electrons. The third-order valence-corrected chi connectivity index (χ3v) is 4.33. The van der Waals surface area contributed by atoms with Crippen LogP contribution in [-0.4, -0.2) is 61.2 Å². The predicted octanol–water partition coefficient (Wildman–Crippen LogP) is 2.08. The van der Waals surface area contributed by atoms with Crippen molar-refractivity contribution in [2.75, 3.05) is 45.8 Å². The van der Waals surface area contributed by atoms with E-state index in [1.54, 1.807) is 0 Å². The van der Waals surface area contributed by atoms with Crippen LogP contribution in [0.15, 0.2) is 0 Å². The number of nitriles is 1. The van der Waals surface area contributed by atoms with E-state index in [2.05, 4.69) is 35.0 Å². The minimum atomic E-state index is -0.336. The van der Waals surface area contributed by atoms with Crippen LogP contribution in [0.1, 0.15) is 46.5 Å².